The smallest absolute Gasteiger partial charge is 0.274 e. The summed E-state index contributed by atoms with van der Waals surface area (Å²) in [5.41, 5.74) is 3.89. The van der Waals surface area contributed by atoms with Crippen LogP contribution in [0, 0.1) is 6.92 Å². The second-order valence-electron chi connectivity index (χ2n) is 5.22. The molecule has 5 nitrogen and oxygen atoms in total. The third-order valence-electron chi connectivity index (χ3n) is 3.90. The predicted octanol–water partition coefficient (Wildman–Crippen LogP) is 1.73. The van der Waals surface area contributed by atoms with Crippen LogP contribution in [0.5, 0.6) is 0 Å². The van der Waals surface area contributed by atoms with E-state index in [4.69, 9.17) is 4.74 Å². The number of carbonyl (C=O) groups excluding carboxylic acids is 1. The molecule has 1 amide bonds. The molecule has 1 fully saturated rings. The first-order chi connectivity index (χ1) is 9.71. The molecule has 1 spiro atoms. The number of aromatic nitrogens is 2. The Balaban J connectivity index is 1.72. The van der Waals surface area contributed by atoms with Crippen LogP contribution in [0.15, 0.2) is 23.7 Å². The SMILES string of the molecule is Cc1cccc(CN2C(=O)c3ncsc3C23COC3)n1. The van der Waals surface area contributed by atoms with Crippen molar-refractivity contribution in [1.29, 1.82) is 0 Å². The second-order valence-corrected chi connectivity index (χ2v) is 6.07. The number of carbonyl (C=O) groups is 1. The van der Waals surface area contributed by atoms with Crippen molar-refractivity contribution in [2.24, 2.45) is 0 Å². The highest BCUT2D eigenvalue weighted by molar-refractivity contribution is 7.10. The first-order valence-corrected chi connectivity index (χ1v) is 7.35. The van der Waals surface area contributed by atoms with E-state index in [0.717, 1.165) is 16.3 Å². The molecule has 20 heavy (non-hydrogen) atoms. The van der Waals surface area contributed by atoms with Gasteiger partial charge in [0.25, 0.3) is 5.91 Å². The maximum atomic E-state index is 12.5. The van der Waals surface area contributed by atoms with Crippen LogP contribution in [0.1, 0.15) is 26.8 Å². The van der Waals surface area contributed by atoms with Crippen LogP contribution in [0.25, 0.3) is 0 Å². The molecule has 0 atom stereocenters. The summed E-state index contributed by atoms with van der Waals surface area (Å²) in [6, 6.07) is 5.87. The topological polar surface area (TPSA) is 55.3 Å². The van der Waals surface area contributed by atoms with Crippen LogP contribution in [-0.4, -0.2) is 34.0 Å². The number of hydrogen-bond acceptors (Lipinski definition) is 5. The molecule has 2 aliphatic rings. The zero-order chi connectivity index (χ0) is 13.7. The van der Waals surface area contributed by atoms with Gasteiger partial charge >= 0.3 is 0 Å². The Kier molecular flexibility index (Phi) is 2.46. The van der Waals surface area contributed by atoms with Gasteiger partial charge in [0.05, 0.1) is 35.8 Å². The van der Waals surface area contributed by atoms with Gasteiger partial charge in [0.1, 0.15) is 11.2 Å². The summed E-state index contributed by atoms with van der Waals surface area (Å²) in [5, 5.41) is 0. The average Bonchev–Trinajstić information content (AvgIpc) is 2.92. The molecular weight excluding hydrogens is 274 g/mol. The zero-order valence-electron chi connectivity index (χ0n) is 11.0. The van der Waals surface area contributed by atoms with Crippen molar-refractivity contribution < 1.29 is 9.53 Å². The number of amides is 1. The molecule has 6 heteroatoms. The Bertz CT molecular complexity index is 693. The number of rotatable bonds is 2. The summed E-state index contributed by atoms with van der Waals surface area (Å²) < 4.78 is 5.39. The van der Waals surface area contributed by atoms with Crippen molar-refractivity contribution in [3.63, 3.8) is 0 Å². The van der Waals surface area contributed by atoms with E-state index < -0.39 is 0 Å². The third kappa shape index (κ3) is 1.49. The summed E-state index contributed by atoms with van der Waals surface area (Å²) in [6.07, 6.45) is 0. The number of nitrogens with zero attached hydrogens (tertiary/aromatic N) is 3. The van der Waals surface area contributed by atoms with Crippen LogP contribution >= 0.6 is 11.3 Å². The number of aryl methyl sites for hydroxylation is 1. The van der Waals surface area contributed by atoms with Crippen molar-refractivity contribution in [2.45, 2.75) is 19.0 Å². The number of hydrogen-bond donors (Lipinski definition) is 0. The van der Waals surface area contributed by atoms with Gasteiger partial charge in [-0.1, -0.05) is 6.07 Å². The Morgan fingerprint density at radius 1 is 1.45 bits per heavy atom. The summed E-state index contributed by atoms with van der Waals surface area (Å²) in [6.45, 7) is 3.57. The first-order valence-electron chi connectivity index (χ1n) is 6.47. The number of pyridine rings is 1. The highest BCUT2D eigenvalue weighted by atomic mass is 32.1. The minimum Gasteiger partial charge on any atom is -0.376 e. The number of thiazole rings is 1. The van der Waals surface area contributed by atoms with Gasteiger partial charge in [0, 0.05) is 5.69 Å². The van der Waals surface area contributed by atoms with Gasteiger partial charge in [-0.2, -0.15) is 0 Å². The van der Waals surface area contributed by atoms with Crippen LogP contribution in [0.4, 0.5) is 0 Å². The highest BCUT2D eigenvalue weighted by Crippen LogP contribution is 2.46. The molecule has 4 heterocycles. The van der Waals surface area contributed by atoms with Crippen LogP contribution in [-0.2, 0) is 16.8 Å². The Morgan fingerprint density at radius 3 is 3.00 bits per heavy atom. The van der Waals surface area contributed by atoms with E-state index in [2.05, 4.69) is 9.97 Å². The van der Waals surface area contributed by atoms with Gasteiger partial charge in [0.15, 0.2) is 0 Å². The van der Waals surface area contributed by atoms with Crippen LogP contribution < -0.4 is 0 Å². The van der Waals surface area contributed by atoms with Gasteiger partial charge in [-0.05, 0) is 19.1 Å². The molecule has 0 radical (unpaired) electrons. The largest absolute Gasteiger partial charge is 0.376 e. The molecule has 0 unspecified atom stereocenters. The van der Waals surface area contributed by atoms with Crippen molar-refractivity contribution in [2.75, 3.05) is 13.2 Å². The molecule has 1 saturated heterocycles. The Morgan fingerprint density at radius 2 is 2.30 bits per heavy atom. The fourth-order valence-electron chi connectivity index (χ4n) is 2.83. The molecule has 2 aromatic heterocycles. The lowest BCUT2D eigenvalue weighted by molar-refractivity contribution is -0.126. The monoisotopic (exact) mass is 287 g/mol. The quantitative estimate of drug-likeness (QED) is 0.844. The van der Waals surface area contributed by atoms with E-state index >= 15 is 0 Å². The van der Waals surface area contributed by atoms with Gasteiger partial charge in [-0.3, -0.25) is 9.78 Å². The van der Waals surface area contributed by atoms with Crippen molar-refractivity contribution in [1.82, 2.24) is 14.9 Å². The molecule has 0 N–H and O–H groups in total. The van der Waals surface area contributed by atoms with E-state index in [1.54, 1.807) is 16.8 Å². The van der Waals surface area contributed by atoms with E-state index in [-0.39, 0.29) is 11.4 Å². The van der Waals surface area contributed by atoms with Crippen molar-refractivity contribution in [3.05, 3.63) is 45.7 Å². The lowest BCUT2D eigenvalue weighted by Crippen LogP contribution is -2.56. The summed E-state index contributed by atoms with van der Waals surface area (Å²) in [7, 11) is 0. The molecule has 0 saturated carbocycles. The maximum Gasteiger partial charge on any atom is 0.274 e. The molecule has 2 aromatic rings. The molecule has 0 aromatic carbocycles. The predicted molar refractivity (Wildman–Crippen MR) is 73.5 cm³/mol. The van der Waals surface area contributed by atoms with Crippen LogP contribution in [0.2, 0.25) is 0 Å². The summed E-state index contributed by atoms with van der Waals surface area (Å²) >= 11 is 1.54. The van der Waals surface area contributed by atoms with Gasteiger partial charge in [-0.15, -0.1) is 11.3 Å². The third-order valence-corrected chi connectivity index (χ3v) is 4.92. The van der Waals surface area contributed by atoms with Crippen LogP contribution in [0.3, 0.4) is 0 Å². The molecule has 0 aliphatic carbocycles. The molecule has 0 bridgehead atoms. The van der Waals surface area contributed by atoms with Crippen molar-refractivity contribution in [3.8, 4) is 0 Å². The normalized spacial score (nSPS) is 19.2. The maximum absolute atomic E-state index is 12.5. The standard InChI is InChI=1S/C14H13N3O2S/c1-9-3-2-4-10(16-9)5-17-13(18)11-12(20-8-15-11)14(17)6-19-7-14/h2-4,8H,5-7H2,1H3. The van der Waals surface area contributed by atoms with E-state index in [1.807, 2.05) is 30.0 Å². The minimum atomic E-state index is -0.307. The fourth-order valence-corrected chi connectivity index (χ4v) is 3.79. The Hall–Kier alpha value is -1.79. The molecule has 4 rings (SSSR count). The highest BCUT2D eigenvalue weighted by Gasteiger charge is 2.56. The average molecular weight is 287 g/mol. The summed E-state index contributed by atoms with van der Waals surface area (Å²) in [5.74, 6) is -0.00661. The van der Waals surface area contributed by atoms with E-state index in [1.165, 1.54) is 0 Å². The fraction of sp³-hybridized carbons (Fsp3) is 0.357. The summed E-state index contributed by atoms with van der Waals surface area (Å²) in [4.78, 5) is 24.2. The first kappa shape index (κ1) is 12.0. The second kappa shape index (κ2) is 4.10. The van der Waals surface area contributed by atoms with Crippen molar-refractivity contribution >= 4 is 17.2 Å². The lowest BCUT2D eigenvalue weighted by Gasteiger charge is -2.44. The molecular formula is C14H13N3O2S. The van der Waals surface area contributed by atoms with E-state index in [9.17, 15) is 4.79 Å². The van der Waals surface area contributed by atoms with Gasteiger partial charge in [0.2, 0.25) is 0 Å². The molecule has 102 valence electrons. The number of ether oxygens (including phenoxy) is 1. The zero-order valence-corrected chi connectivity index (χ0v) is 11.8. The minimum absolute atomic E-state index is 0.00661. The van der Waals surface area contributed by atoms with Gasteiger partial charge in [-0.25, -0.2) is 4.98 Å². The Labute approximate surface area is 120 Å². The lowest BCUT2D eigenvalue weighted by atomic mass is 9.95. The van der Waals surface area contributed by atoms with E-state index in [0.29, 0.717) is 25.5 Å². The molecule has 2 aliphatic heterocycles. The van der Waals surface area contributed by atoms with Gasteiger partial charge < -0.3 is 9.64 Å². The number of fused-ring (bicyclic) bond motifs is 2.